The van der Waals surface area contributed by atoms with Crippen molar-refractivity contribution in [2.75, 3.05) is 19.5 Å². The zero-order valence-electron chi connectivity index (χ0n) is 12.6. The van der Waals surface area contributed by atoms with Crippen molar-refractivity contribution in [3.05, 3.63) is 35.7 Å². The number of ether oxygens (including phenoxy) is 2. The van der Waals surface area contributed by atoms with Crippen LogP contribution in [0.2, 0.25) is 0 Å². The molecule has 0 unspecified atom stereocenters. The average molecular weight is 418 g/mol. The van der Waals surface area contributed by atoms with Crippen LogP contribution in [0.5, 0.6) is 11.5 Å². The van der Waals surface area contributed by atoms with Crippen molar-refractivity contribution in [2.24, 2.45) is 10.7 Å². The maximum absolute atomic E-state index is 5.83. The van der Waals surface area contributed by atoms with E-state index in [0.29, 0.717) is 23.8 Å². The predicted molar refractivity (Wildman–Crippen MR) is 95.2 cm³/mol. The number of hydrogen-bond acceptors (Lipinski definition) is 5. The van der Waals surface area contributed by atoms with Crippen LogP contribution in [0.15, 0.2) is 33.8 Å². The van der Waals surface area contributed by atoms with Crippen LogP contribution >= 0.6 is 24.0 Å². The van der Waals surface area contributed by atoms with Gasteiger partial charge in [0.2, 0.25) is 0 Å². The molecule has 0 atom stereocenters. The normalized spacial score (nSPS) is 10.8. The van der Waals surface area contributed by atoms with Crippen molar-refractivity contribution >= 4 is 35.6 Å². The summed E-state index contributed by atoms with van der Waals surface area (Å²) in [4.78, 5) is 4.18. The number of methoxy groups -OCH3 is 2. The van der Waals surface area contributed by atoms with Crippen LogP contribution in [-0.4, -0.2) is 25.3 Å². The second-order valence-corrected chi connectivity index (χ2v) is 4.33. The van der Waals surface area contributed by atoms with Crippen LogP contribution in [0.4, 0.5) is 5.69 Å². The van der Waals surface area contributed by atoms with Crippen LogP contribution in [0.1, 0.15) is 11.5 Å². The molecule has 7 nitrogen and oxygen atoms in total. The molecule has 0 aliphatic rings. The summed E-state index contributed by atoms with van der Waals surface area (Å²) in [7, 11) is 3.16. The molecule has 2 rings (SSSR count). The van der Waals surface area contributed by atoms with Crippen molar-refractivity contribution < 1.29 is 14.0 Å². The standard InChI is InChI=1S/C14H18N4O3.HI/c1-9-6-11(21-18-9)8-16-14(15)17-10-4-5-12(19-2)13(7-10)20-3;/h4-7H,8H2,1-3H3,(H3,15,16,17);1H. The highest BCUT2D eigenvalue weighted by Crippen LogP contribution is 2.29. The number of aliphatic imine (C=N–C) groups is 1. The van der Waals surface area contributed by atoms with Gasteiger partial charge in [-0.3, -0.25) is 0 Å². The van der Waals surface area contributed by atoms with E-state index in [9.17, 15) is 0 Å². The van der Waals surface area contributed by atoms with Gasteiger partial charge in [0.05, 0.1) is 19.9 Å². The van der Waals surface area contributed by atoms with Crippen LogP contribution in [0, 0.1) is 6.92 Å². The van der Waals surface area contributed by atoms with Crippen LogP contribution < -0.4 is 20.5 Å². The minimum absolute atomic E-state index is 0. The zero-order valence-corrected chi connectivity index (χ0v) is 15.0. The van der Waals surface area contributed by atoms with E-state index in [0.717, 1.165) is 11.4 Å². The van der Waals surface area contributed by atoms with E-state index in [1.807, 2.05) is 19.1 Å². The van der Waals surface area contributed by atoms with E-state index < -0.39 is 0 Å². The lowest BCUT2D eigenvalue weighted by atomic mass is 10.3. The smallest absolute Gasteiger partial charge is 0.193 e. The number of hydrogen-bond donors (Lipinski definition) is 2. The van der Waals surface area contributed by atoms with Gasteiger partial charge in [0.25, 0.3) is 0 Å². The molecule has 1 aromatic heterocycles. The summed E-state index contributed by atoms with van der Waals surface area (Å²) in [6, 6.07) is 7.20. The fraction of sp³-hybridized carbons (Fsp3) is 0.286. The Kier molecular flexibility index (Phi) is 6.96. The van der Waals surface area contributed by atoms with Crippen molar-refractivity contribution in [3.63, 3.8) is 0 Å². The SMILES string of the molecule is COc1ccc(NC(N)=NCc2cc(C)no2)cc1OC.I. The Labute approximate surface area is 145 Å². The van der Waals surface area contributed by atoms with Gasteiger partial charge in [0.1, 0.15) is 6.54 Å². The third kappa shape index (κ3) is 4.79. The largest absolute Gasteiger partial charge is 0.493 e. The van der Waals surface area contributed by atoms with Crippen LogP contribution in [-0.2, 0) is 6.54 Å². The first kappa shape index (κ1) is 18.1. The molecule has 1 aromatic carbocycles. The highest BCUT2D eigenvalue weighted by Gasteiger charge is 2.05. The summed E-state index contributed by atoms with van der Waals surface area (Å²) in [5.41, 5.74) is 7.39. The molecule has 2 aromatic rings. The first-order valence-electron chi connectivity index (χ1n) is 6.33. The fourth-order valence-corrected chi connectivity index (χ4v) is 1.76. The van der Waals surface area contributed by atoms with E-state index in [4.69, 9.17) is 19.7 Å². The molecule has 8 heteroatoms. The molecular weight excluding hydrogens is 399 g/mol. The molecule has 0 radical (unpaired) electrons. The Morgan fingerprint density at radius 3 is 2.59 bits per heavy atom. The summed E-state index contributed by atoms with van der Waals surface area (Å²) in [6.45, 7) is 2.18. The molecule has 0 bridgehead atoms. The summed E-state index contributed by atoms with van der Waals surface area (Å²) in [5.74, 6) is 2.19. The zero-order chi connectivity index (χ0) is 15.2. The molecule has 3 N–H and O–H groups in total. The molecule has 120 valence electrons. The van der Waals surface area contributed by atoms with E-state index in [1.54, 1.807) is 26.4 Å². The molecular formula is C14H19IN4O3. The Hall–Kier alpha value is -1.97. The number of nitrogens with two attached hydrogens (primary N) is 1. The van der Waals surface area contributed by atoms with E-state index >= 15 is 0 Å². The number of nitrogens with one attached hydrogen (secondary N) is 1. The quantitative estimate of drug-likeness (QED) is 0.440. The van der Waals surface area contributed by atoms with Gasteiger partial charge in [0, 0.05) is 17.8 Å². The number of halogens is 1. The van der Waals surface area contributed by atoms with Gasteiger partial charge in [-0.2, -0.15) is 0 Å². The molecule has 0 saturated heterocycles. The maximum atomic E-state index is 5.83. The Morgan fingerprint density at radius 1 is 1.27 bits per heavy atom. The molecule has 0 fully saturated rings. The Morgan fingerprint density at radius 2 is 2.00 bits per heavy atom. The number of benzene rings is 1. The molecule has 0 aliphatic heterocycles. The lowest BCUT2D eigenvalue weighted by Gasteiger charge is -2.10. The van der Waals surface area contributed by atoms with Crippen molar-refractivity contribution in [3.8, 4) is 11.5 Å². The second-order valence-electron chi connectivity index (χ2n) is 4.33. The van der Waals surface area contributed by atoms with Crippen molar-refractivity contribution in [2.45, 2.75) is 13.5 Å². The van der Waals surface area contributed by atoms with E-state index in [2.05, 4.69) is 15.5 Å². The van der Waals surface area contributed by atoms with Crippen LogP contribution in [0.3, 0.4) is 0 Å². The van der Waals surface area contributed by atoms with Gasteiger partial charge in [0.15, 0.2) is 23.2 Å². The van der Waals surface area contributed by atoms with Crippen LogP contribution in [0.25, 0.3) is 0 Å². The van der Waals surface area contributed by atoms with Gasteiger partial charge in [-0.05, 0) is 19.1 Å². The average Bonchev–Trinajstić information content (AvgIpc) is 2.90. The third-order valence-corrected chi connectivity index (χ3v) is 2.74. The van der Waals surface area contributed by atoms with Gasteiger partial charge in [-0.1, -0.05) is 5.16 Å². The summed E-state index contributed by atoms with van der Waals surface area (Å²) >= 11 is 0. The number of guanidine groups is 1. The molecule has 0 amide bonds. The highest BCUT2D eigenvalue weighted by molar-refractivity contribution is 14.0. The number of anilines is 1. The van der Waals surface area contributed by atoms with E-state index in [1.165, 1.54) is 0 Å². The molecule has 0 saturated carbocycles. The molecule has 0 aliphatic carbocycles. The highest BCUT2D eigenvalue weighted by atomic mass is 127. The minimum atomic E-state index is 0. The number of aromatic nitrogens is 1. The Balaban J connectivity index is 0.00000242. The Bertz CT molecular complexity index is 643. The first-order chi connectivity index (χ1) is 10.1. The molecule has 1 heterocycles. The number of aryl methyl sites for hydroxylation is 1. The summed E-state index contributed by atoms with van der Waals surface area (Å²) in [5, 5.41) is 6.76. The number of rotatable bonds is 5. The number of nitrogens with zero attached hydrogens (tertiary/aromatic N) is 2. The topological polar surface area (TPSA) is 94.9 Å². The molecule has 0 spiro atoms. The summed E-state index contributed by atoms with van der Waals surface area (Å²) in [6.07, 6.45) is 0. The summed E-state index contributed by atoms with van der Waals surface area (Å²) < 4.78 is 15.4. The minimum Gasteiger partial charge on any atom is -0.493 e. The first-order valence-corrected chi connectivity index (χ1v) is 6.33. The monoisotopic (exact) mass is 418 g/mol. The lowest BCUT2D eigenvalue weighted by molar-refractivity contribution is 0.355. The van der Waals surface area contributed by atoms with Gasteiger partial charge in [-0.25, -0.2) is 4.99 Å². The van der Waals surface area contributed by atoms with Crippen molar-refractivity contribution in [1.82, 2.24) is 5.16 Å². The van der Waals surface area contributed by atoms with Gasteiger partial charge < -0.3 is 25.0 Å². The lowest BCUT2D eigenvalue weighted by Crippen LogP contribution is -2.22. The van der Waals surface area contributed by atoms with Crippen molar-refractivity contribution in [1.29, 1.82) is 0 Å². The second kappa shape index (κ2) is 8.47. The fourth-order valence-electron chi connectivity index (χ4n) is 1.76. The third-order valence-electron chi connectivity index (χ3n) is 2.74. The maximum Gasteiger partial charge on any atom is 0.193 e. The van der Waals surface area contributed by atoms with Gasteiger partial charge in [-0.15, -0.1) is 24.0 Å². The van der Waals surface area contributed by atoms with Gasteiger partial charge >= 0.3 is 0 Å². The predicted octanol–water partition coefficient (Wildman–Crippen LogP) is 2.55. The van der Waals surface area contributed by atoms with E-state index in [-0.39, 0.29) is 29.9 Å². The molecule has 22 heavy (non-hydrogen) atoms.